The fraction of sp³-hybridized carbons (Fsp3) is 0.583. The normalized spacial score (nSPS) is 23.2. The number of aliphatic hydroxyl groups excluding tert-OH is 2. The molecular formula is C24H33N5O5. The minimum atomic E-state index is -0.951. The number of amides is 2. The fourth-order valence-corrected chi connectivity index (χ4v) is 4.82. The molecule has 1 aromatic heterocycles. The van der Waals surface area contributed by atoms with Crippen LogP contribution in [-0.2, 0) is 22.6 Å². The summed E-state index contributed by atoms with van der Waals surface area (Å²) in [4.78, 5) is 30.9. The van der Waals surface area contributed by atoms with Gasteiger partial charge in [-0.3, -0.25) is 14.3 Å². The quantitative estimate of drug-likeness (QED) is 0.593. The van der Waals surface area contributed by atoms with E-state index in [0.717, 1.165) is 5.56 Å². The number of aliphatic hydroxyl groups is 2. The smallest absolute Gasteiger partial charge is 0.257 e. The van der Waals surface area contributed by atoms with Crippen LogP contribution < -0.4 is 10.1 Å². The van der Waals surface area contributed by atoms with Crippen LogP contribution in [0.2, 0.25) is 0 Å². The first-order chi connectivity index (χ1) is 16.4. The van der Waals surface area contributed by atoms with Crippen molar-refractivity contribution < 1.29 is 24.5 Å². The van der Waals surface area contributed by atoms with Crippen LogP contribution in [0.5, 0.6) is 5.75 Å². The molecule has 0 saturated carbocycles. The predicted molar refractivity (Wildman–Crippen MR) is 123 cm³/mol. The molecule has 0 radical (unpaired) electrons. The van der Waals surface area contributed by atoms with Gasteiger partial charge in [0, 0.05) is 39.0 Å². The van der Waals surface area contributed by atoms with Crippen molar-refractivity contribution in [2.75, 3.05) is 26.2 Å². The van der Waals surface area contributed by atoms with Crippen LogP contribution in [0.15, 0.2) is 36.9 Å². The van der Waals surface area contributed by atoms with Gasteiger partial charge in [-0.15, -0.1) is 0 Å². The molecule has 1 saturated heterocycles. The topological polar surface area (TPSA) is 130 Å². The van der Waals surface area contributed by atoms with Crippen LogP contribution in [0.1, 0.15) is 37.7 Å². The zero-order chi connectivity index (χ0) is 24.0. The van der Waals surface area contributed by atoms with E-state index in [1.54, 1.807) is 17.1 Å². The lowest BCUT2D eigenvalue weighted by atomic mass is 9.73. The highest BCUT2D eigenvalue weighted by Crippen LogP contribution is 2.37. The van der Waals surface area contributed by atoms with Crippen molar-refractivity contribution in [2.24, 2.45) is 5.41 Å². The van der Waals surface area contributed by atoms with Gasteiger partial charge in [-0.1, -0.05) is 18.2 Å². The molecule has 34 heavy (non-hydrogen) atoms. The predicted octanol–water partition coefficient (Wildman–Crippen LogP) is 0.530. The number of aryl methyl sites for hydroxylation is 1. The van der Waals surface area contributed by atoms with Crippen LogP contribution in [0.25, 0.3) is 0 Å². The Morgan fingerprint density at radius 1 is 1.21 bits per heavy atom. The monoisotopic (exact) mass is 471 g/mol. The largest absolute Gasteiger partial charge is 0.483 e. The second kappa shape index (κ2) is 11.0. The average molecular weight is 472 g/mol. The maximum Gasteiger partial charge on any atom is 0.257 e. The SMILES string of the molecule is O=C1COc2ccccc2C[C@H](O)[C@H](O)CC2(CCN(C(=O)CCCn3cncn3)CC2)CN1. The summed E-state index contributed by atoms with van der Waals surface area (Å²) in [5, 5.41) is 28.6. The number of ether oxygens (including phenoxy) is 1. The van der Waals surface area contributed by atoms with E-state index in [1.165, 1.54) is 6.33 Å². The van der Waals surface area contributed by atoms with Gasteiger partial charge in [-0.2, -0.15) is 5.10 Å². The zero-order valence-electron chi connectivity index (χ0n) is 19.3. The van der Waals surface area contributed by atoms with Crippen molar-refractivity contribution in [1.82, 2.24) is 25.0 Å². The van der Waals surface area contributed by atoms with E-state index in [0.29, 0.717) is 64.0 Å². The van der Waals surface area contributed by atoms with Gasteiger partial charge in [-0.25, -0.2) is 4.98 Å². The van der Waals surface area contributed by atoms with Gasteiger partial charge in [0.05, 0.1) is 12.2 Å². The molecule has 184 valence electrons. The Hall–Kier alpha value is -2.98. The zero-order valence-corrected chi connectivity index (χ0v) is 19.3. The number of hydrogen-bond acceptors (Lipinski definition) is 7. The van der Waals surface area contributed by atoms with Gasteiger partial charge in [0.2, 0.25) is 5.91 Å². The molecule has 2 atom stereocenters. The van der Waals surface area contributed by atoms with Crippen molar-refractivity contribution in [3.63, 3.8) is 0 Å². The first-order valence-electron chi connectivity index (χ1n) is 11.9. The average Bonchev–Trinajstić information content (AvgIpc) is 3.35. The van der Waals surface area contributed by atoms with Crippen LogP contribution in [0.3, 0.4) is 0 Å². The minimum absolute atomic E-state index is 0.0951. The number of carbonyl (C=O) groups is 2. The second-order valence-corrected chi connectivity index (χ2v) is 9.36. The van der Waals surface area contributed by atoms with Gasteiger partial charge >= 0.3 is 0 Å². The molecule has 2 aliphatic heterocycles. The molecule has 2 aromatic rings. The molecule has 2 amide bonds. The van der Waals surface area contributed by atoms with Crippen molar-refractivity contribution >= 4 is 11.8 Å². The first-order valence-corrected chi connectivity index (χ1v) is 11.9. The Bertz CT molecular complexity index is 958. The van der Waals surface area contributed by atoms with Crippen molar-refractivity contribution in [2.45, 2.75) is 57.3 Å². The molecule has 1 aromatic carbocycles. The van der Waals surface area contributed by atoms with Gasteiger partial charge in [0.25, 0.3) is 5.91 Å². The molecule has 0 bridgehead atoms. The molecule has 3 N–H and O–H groups in total. The molecular weight excluding hydrogens is 438 g/mol. The number of nitrogens with zero attached hydrogens (tertiary/aromatic N) is 4. The summed E-state index contributed by atoms with van der Waals surface area (Å²) in [5.41, 5.74) is 0.356. The van der Waals surface area contributed by atoms with Crippen molar-refractivity contribution in [1.29, 1.82) is 0 Å². The van der Waals surface area contributed by atoms with Crippen LogP contribution in [0.4, 0.5) is 0 Å². The lowest BCUT2D eigenvalue weighted by Gasteiger charge is -2.43. The lowest BCUT2D eigenvalue weighted by Crippen LogP contribution is -2.51. The summed E-state index contributed by atoms with van der Waals surface area (Å²) in [6, 6.07) is 7.24. The summed E-state index contributed by atoms with van der Waals surface area (Å²) in [6.45, 7) is 2.02. The van der Waals surface area contributed by atoms with E-state index in [9.17, 15) is 19.8 Å². The van der Waals surface area contributed by atoms with E-state index in [4.69, 9.17) is 4.74 Å². The van der Waals surface area contributed by atoms with E-state index in [1.807, 2.05) is 23.1 Å². The second-order valence-electron chi connectivity index (χ2n) is 9.36. The number of nitrogens with one attached hydrogen (secondary N) is 1. The van der Waals surface area contributed by atoms with Crippen LogP contribution in [0, 0.1) is 5.41 Å². The standard InChI is InChI=1S/C24H33N5O5/c30-19-12-18-4-1-2-5-21(18)34-14-22(32)26-15-24(13-20(19)31)7-10-28(11-8-24)23(33)6-3-9-29-17-25-16-27-29/h1-2,4-5,16-17,19-20,30-31H,3,6-15H2,(H,26,32)/t19-,20+/m0/s1. The first kappa shape index (κ1) is 24.2. The van der Waals surface area contributed by atoms with Crippen LogP contribution in [-0.4, -0.2) is 80.1 Å². The minimum Gasteiger partial charge on any atom is -0.483 e. The molecule has 0 unspecified atom stereocenters. The molecule has 10 nitrogen and oxygen atoms in total. The Morgan fingerprint density at radius 3 is 2.76 bits per heavy atom. The fourth-order valence-electron chi connectivity index (χ4n) is 4.82. The Labute approximate surface area is 198 Å². The number of likely N-dealkylation sites (tertiary alicyclic amines) is 1. The molecule has 3 heterocycles. The Balaban J connectivity index is 1.37. The maximum absolute atomic E-state index is 12.7. The molecule has 0 aliphatic carbocycles. The number of hydrogen-bond donors (Lipinski definition) is 3. The number of para-hydroxylation sites is 1. The summed E-state index contributed by atoms with van der Waals surface area (Å²) in [7, 11) is 0. The van der Waals surface area contributed by atoms with Gasteiger partial charge in [0.15, 0.2) is 6.61 Å². The summed E-state index contributed by atoms with van der Waals surface area (Å²) in [5.74, 6) is 0.406. The highest BCUT2D eigenvalue weighted by Gasteiger charge is 2.39. The molecule has 1 fully saturated rings. The Kier molecular flexibility index (Phi) is 7.79. The number of fused-ring (bicyclic) bond motifs is 1. The number of aromatic nitrogens is 3. The van der Waals surface area contributed by atoms with Gasteiger partial charge < -0.3 is 25.2 Å². The van der Waals surface area contributed by atoms with E-state index in [2.05, 4.69) is 15.4 Å². The van der Waals surface area contributed by atoms with E-state index >= 15 is 0 Å². The highest BCUT2D eigenvalue weighted by atomic mass is 16.5. The number of benzene rings is 1. The third-order valence-electron chi connectivity index (χ3n) is 6.93. The molecule has 4 rings (SSSR count). The van der Waals surface area contributed by atoms with Gasteiger partial charge in [0.1, 0.15) is 18.4 Å². The molecule has 1 spiro atoms. The van der Waals surface area contributed by atoms with Crippen LogP contribution >= 0.6 is 0 Å². The van der Waals surface area contributed by atoms with Gasteiger partial charge in [-0.05, 0) is 42.7 Å². The van der Waals surface area contributed by atoms with E-state index in [-0.39, 0.29) is 24.8 Å². The Morgan fingerprint density at radius 2 is 2.00 bits per heavy atom. The maximum atomic E-state index is 12.7. The van der Waals surface area contributed by atoms with Crippen molar-refractivity contribution in [3.8, 4) is 5.75 Å². The number of carbonyl (C=O) groups excluding carboxylic acids is 2. The number of piperidine rings is 1. The van der Waals surface area contributed by atoms with Crippen molar-refractivity contribution in [3.05, 3.63) is 42.5 Å². The summed E-state index contributed by atoms with van der Waals surface area (Å²) < 4.78 is 7.39. The number of rotatable bonds is 4. The highest BCUT2D eigenvalue weighted by molar-refractivity contribution is 5.77. The molecule has 2 aliphatic rings. The summed E-state index contributed by atoms with van der Waals surface area (Å²) >= 11 is 0. The lowest BCUT2D eigenvalue weighted by molar-refractivity contribution is -0.135. The third-order valence-corrected chi connectivity index (χ3v) is 6.93. The third kappa shape index (κ3) is 6.12. The van der Waals surface area contributed by atoms with E-state index < -0.39 is 17.6 Å². The summed E-state index contributed by atoms with van der Waals surface area (Å²) in [6.07, 6.45) is 4.21. The molecule has 10 heteroatoms.